The van der Waals surface area contributed by atoms with Gasteiger partial charge in [-0.1, -0.05) is 17.7 Å². The Morgan fingerprint density at radius 1 is 1.44 bits per heavy atom. The van der Waals surface area contributed by atoms with Crippen LogP contribution < -0.4 is 4.74 Å². The van der Waals surface area contributed by atoms with E-state index in [1.54, 1.807) is 12.1 Å². The highest BCUT2D eigenvalue weighted by molar-refractivity contribution is 6.30. The van der Waals surface area contributed by atoms with Crippen molar-refractivity contribution < 1.29 is 4.74 Å². The van der Waals surface area contributed by atoms with Gasteiger partial charge in [0.25, 0.3) is 0 Å². The topological polar surface area (TPSA) is 50.8 Å². The fourth-order valence-corrected chi connectivity index (χ4v) is 1.52. The summed E-state index contributed by atoms with van der Waals surface area (Å²) in [6, 6.07) is 7.25. The molecule has 0 radical (unpaired) electrons. The van der Waals surface area contributed by atoms with Crippen molar-refractivity contribution in [2.75, 3.05) is 0 Å². The third-order valence-electron chi connectivity index (χ3n) is 2.09. The second kappa shape index (κ2) is 4.53. The molecule has 0 amide bonds. The molecule has 1 N–H and O–H groups in total. The van der Waals surface area contributed by atoms with E-state index in [9.17, 15) is 0 Å². The van der Waals surface area contributed by atoms with Crippen LogP contribution in [0.15, 0.2) is 24.3 Å². The summed E-state index contributed by atoms with van der Waals surface area (Å²) in [4.78, 5) is 4.20. The summed E-state index contributed by atoms with van der Waals surface area (Å²) in [5.41, 5.74) is 0. The molecule has 0 saturated heterocycles. The maximum Gasteiger partial charge on any atom is 0.191 e. The number of aromatic amines is 1. The molecule has 0 aliphatic heterocycles. The molecular formula is C11H12ClN3O. The monoisotopic (exact) mass is 237 g/mol. The van der Waals surface area contributed by atoms with Crippen LogP contribution in [-0.2, 0) is 0 Å². The van der Waals surface area contributed by atoms with Crippen LogP contribution in [0.2, 0.25) is 5.02 Å². The number of H-pyrrole nitrogens is 1. The molecule has 0 spiro atoms. The molecule has 1 unspecified atom stereocenters. The SMILES string of the molecule is Cc1nc(C(C)Oc2cccc(Cl)c2)n[nH]1. The summed E-state index contributed by atoms with van der Waals surface area (Å²) >= 11 is 5.86. The Morgan fingerprint density at radius 2 is 2.25 bits per heavy atom. The molecule has 5 heteroatoms. The highest BCUT2D eigenvalue weighted by Crippen LogP contribution is 2.22. The lowest BCUT2D eigenvalue weighted by atomic mass is 10.3. The van der Waals surface area contributed by atoms with Crippen LogP contribution in [-0.4, -0.2) is 15.2 Å². The zero-order valence-corrected chi connectivity index (χ0v) is 9.82. The first-order valence-electron chi connectivity index (χ1n) is 4.96. The van der Waals surface area contributed by atoms with Crippen LogP contribution in [0.25, 0.3) is 0 Å². The minimum Gasteiger partial charge on any atom is -0.483 e. The van der Waals surface area contributed by atoms with Gasteiger partial charge in [0.1, 0.15) is 11.6 Å². The van der Waals surface area contributed by atoms with Crippen LogP contribution >= 0.6 is 11.6 Å². The summed E-state index contributed by atoms with van der Waals surface area (Å²) in [6.45, 7) is 3.74. The molecule has 0 fully saturated rings. The number of halogens is 1. The van der Waals surface area contributed by atoms with E-state index in [0.717, 1.165) is 5.82 Å². The van der Waals surface area contributed by atoms with Gasteiger partial charge in [-0.2, -0.15) is 5.10 Å². The fourth-order valence-electron chi connectivity index (χ4n) is 1.34. The minimum atomic E-state index is -0.205. The van der Waals surface area contributed by atoms with Crippen LogP contribution in [0, 0.1) is 6.92 Å². The minimum absolute atomic E-state index is 0.205. The van der Waals surface area contributed by atoms with E-state index in [-0.39, 0.29) is 6.10 Å². The number of hydrogen-bond acceptors (Lipinski definition) is 3. The molecule has 0 aliphatic rings. The Hall–Kier alpha value is -1.55. The average Bonchev–Trinajstić information content (AvgIpc) is 2.65. The maximum absolute atomic E-state index is 5.86. The van der Waals surface area contributed by atoms with Crippen molar-refractivity contribution in [3.8, 4) is 5.75 Å². The van der Waals surface area contributed by atoms with E-state index in [1.807, 2.05) is 26.0 Å². The van der Waals surface area contributed by atoms with Gasteiger partial charge >= 0.3 is 0 Å². The molecule has 84 valence electrons. The number of nitrogens with zero attached hydrogens (tertiary/aromatic N) is 2. The van der Waals surface area contributed by atoms with Gasteiger partial charge in [0, 0.05) is 5.02 Å². The Bertz CT molecular complexity index is 484. The molecule has 1 heterocycles. The number of nitrogens with one attached hydrogen (secondary N) is 1. The van der Waals surface area contributed by atoms with Crippen molar-refractivity contribution in [2.24, 2.45) is 0 Å². The van der Waals surface area contributed by atoms with Gasteiger partial charge in [-0.15, -0.1) is 0 Å². The highest BCUT2D eigenvalue weighted by Gasteiger charge is 2.12. The Morgan fingerprint density at radius 3 is 2.88 bits per heavy atom. The molecular weight excluding hydrogens is 226 g/mol. The Labute approximate surface area is 98.6 Å². The first-order valence-corrected chi connectivity index (χ1v) is 5.34. The van der Waals surface area contributed by atoms with Gasteiger partial charge in [-0.25, -0.2) is 4.98 Å². The van der Waals surface area contributed by atoms with Crippen LogP contribution in [0.1, 0.15) is 24.7 Å². The number of aryl methyl sites for hydroxylation is 1. The molecule has 1 aromatic heterocycles. The Balaban J connectivity index is 2.10. The summed E-state index contributed by atoms with van der Waals surface area (Å²) < 4.78 is 5.67. The standard InChI is InChI=1S/C11H12ClN3O/c1-7(11-13-8(2)14-15-11)16-10-5-3-4-9(12)6-10/h3-7H,1-2H3,(H,13,14,15). The third-order valence-corrected chi connectivity index (χ3v) is 2.32. The van der Waals surface area contributed by atoms with Crippen LogP contribution in [0.4, 0.5) is 0 Å². The summed E-state index contributed by atoms with van der Waals surface area (Å²) in [5, 5.41) is 7.47. The summed E-state index contributed by atoms with van der Waals surface area (Å²) in [6.07, 6.45) is -0.205. The lowest BCUT2D eigenvalue weighted by Crippen LogP contribution is -2.05. The average molecular weight is 238 g/mol. The van der Waals surface area contributed by atoms with Gasteiger partial charge in [-0.3, -0.25) is 5.10 Å². The molecule has 4 nitrogen and oxygen atoms in total. The van der Waals surface area contributed by atoms with Crippen molar-refractivity contribution in [3.05, 3.63) is 40.9 Å². The van der Waals surface area contributed by atoms with Gasteiger partial charge in [0.05, 0.1) is 0 Å². The van der Waals surface area contributed by atoms with Crippen LogP contribution in [0.3, 0.4) is 0 Å². The Kier molecular flexibility index (Phi) is 3.10. The zero-order valence-electron chi connectivity index (χ0n) is 9.07. The van der Waals surface area contributed by atoms with Crippen molar-refractivity contribution >= 4 is 11.6 Å². The first kappa shape index (κ1) is 11.0. The second-order valence-corrected chi connectivity index (χ2v) is 3.93. The smallest absolute Gasteiger partial charge is 0.191 e. The van der Waals surface area contributed by atoms with Crippen molar-refractivity contribution in [1.29, 1.82) is 0 Å². The number of aromatic nitrogens is 3. The van der Waals surface area contributed by atoms with Crippen molar-refractivity contribution in [3.63, 3.8) is 0 Å². The van der Waals surface area contributed by atoms with E-state index < -0.39 is 0 Å². The van der Waals surface area contributed by atoms with Gasteiger partial charge < -0.3 is 4.74 Å². The third kappa shape index (κ3) is 2.52. The number of ether oxygens (including phenoxy) is 1. The second-order valence-electron chi connectivity index (χ2n) is 3.50. The number of hydrogen-bond donors (Lipinski definition) is 1. The molecule has 16 heavy (non-hydrogen) atoms. The van der Waals surface area contributed by atoms with Crippen molar-refractivity contribution in [2.45, 2.75) is 20.0 Å². The summed E-state index contributed by atoms with van der Waals surface area (Å²) in [5.74, 6) is 2.12. The molecule has 1 aromatic carbocycles. The number of rotatable bonds is 3. The van der Waals surface area contributed by atoms with Gasteiger partial charge in [-0.05, 0) is 32.0 Å². The lowest BCUT2D eigenvalue weighted by Gasteiger charge is -2.11. The normalized spacial score (nSPS) is 12.4. The van der Waals surface area contributed by atoms with Crippen molar-refractivity contribution in [1.82, 2.24) is 15.2 Å². The van der Waals surface area contributed by atoms with E-state index in [4.69, 9.17) is 16.3 Å². The predicted octanol–water partition coefficient (Wildman–Crippen LogP) is 2.91. The van der Waals surface area contributed by atoms with Gasteiger partial charge in [0.15, 0.2) is 11.9 Å². The first-order chi connectivity index (χ1) is 7.65. The zero-order chi connectivity index (χ0) is 11.5. The molecule has 2 rings (SSSR count). The fraction of sp³-hybridized carbons (Fsp3) is 0.273. The molecule has 2 aromatic rings. The largest absolute Gasteiger partial charge is 0.483 e. The maximum atomic E-state index is 5.86. The van der Waals surface area contributed by atoms with E-state index in [1.165, 1.54) is 0 Å². The molecule has 0 saturated carbocycles. The molecule has 0 aliphatic carbocycles. The quantitative estimate of drug-likeness (QED) is 0.893. The van der Waals surface area contributed by atoms with Crippen LogP contribution in [0.5, 0.6) is 5.75 Å². The van der Waals surface area contributed by atoms with E-state index in [2.05, 4.69) is 15.2 Å². The predicted molar refractivity (Wildman–Crippen MR) is 61.6 cm³/mol. The van der Waals surface area contributed by atoms with Gasteiger partial charge in [0.2, 0.25) is 0 Å². The van der Waals surface area contributed by atoms with E-state index >= 15 is 0 Å². The lowest BCUT2D eigenvalue weighted by molar-refractivity contribution is 0.217. The molecule has 0 bridgehead atoms. The summed E-state index contributed by atoms with van der Waals surface area (Å²) in [7, 11) is 0. The highest BCUT2D eigenvalue weighted by atomic mass is 35.5. The van der Waals surface area contributed by atoms with E-state index in [0.29, 0.717) is 16.6 Å². The molecule has 1 atom stereocenters. The number of benzene rings is 1.